The smallest absolute Gasteiger partial charge is 0.475 e. The highest BCUT2D eigenvalue weighted by Crippen LogP contribution is 2.30. The molecule has 2 aromatic carbocycles. The van der Waals surface area contributed by atoms with Gasteiger partial charge in [0.15, 0.2) is 5.65 Å². The summed E-state index contributed by atoms with van der Waals surface area (Å²) >= 11 is 0. The number of nitrogens with zero attached hydrogens (tertiary/aromatic N) is 5. The molecule has 7 nitrogen and oxygen atoms in total. The first kappa shape index (κ1) is 29.8. The SMILES string of the molecule is CCN(CCc1ccccc1)Cc1c(C)nc2n(-c3c(C)cc(C)cc3C)c3ncccc3n12.O=C(O)C(F)(F)F. The average molecular weight is 566 g/mol. The molecule has 0 aliphatic rings. The molecule has 0 fully saturated rings. The van der Waals surface area contributed by atoms with Crippen LogP contribution in [0.15, 0.2) is 60.8 Å². The lowest BCUT2D eigenvalue weighted by Gasteiger charge is -2.20. The molecule has 216 valence electrons. The minimum atomic E-state index is -5.08. The third-order valence-corrected chi connectivity index (χ3v) is 7.06. The van der Waals surface area contributed by atoms with Crippen molar-refractivity contribution in [1.82, 2.24) is 23.8 Å². The van der Waals surface area contributed by atoms with E-state index in [0.717, 1.165) is 48.7 Å². The summed E-state index contributed by atoms with van der Waals surface area (Å²) in [6.07, 6.45) is -2.16. The number of carboxylic acids is 1. The summed E-state index contributed by atoms with van der Waals surface area (Å²) in [5.41, 5.74) is 10.7. The fourth-order valence-electron chi connectivity index (χ4n) is 5.19. The predicted octanol–water partition coefficient (Wildman–Crippen LogP) is 6.60. The number of hydrogen-bond donors (Lipinski definition) is 1. The van der Waals surface area contributed by atoms with Gasteiger partial charge < -0.3 is 5.11 Å². The van der Waals surface area contributed by atoms with Gasteiger partial charge in [-0.1, -0.05) is 55.0 Å². The van der Waals surface area contributed by atoms with Gasteiger partial charge in [0, 0.05) is 19.3 Å². The van der Waals surface area contributed by atoms with Crippen molar-refractivity contribution in [3.05, 3.63) is 94.4 Å². The first-order chi connectivity index (χ1) is 19.4. The number of carbonyl (C=O) groups is 1. The number of benzene rings is 2. The third-order valence-electron chi connectivity index (χ3n) is 7.06. The van der Waals surface area contributed by atoms with Crippen LogP contribution in [0.4, 0.5) is 13.2 Å². The molecule has 3 heterocycles. The van der Waals surface area contributed by atoms with Crippen molar-refractivity contribution >= 4 is 22.9 Å². The Bertz CT molecular complexity index is 1650. The number of pyridine rings is 1. The summed E-state index contributed by atoms with van der Waals surface area (Å²) < 4.78 is 36.3. The lowest BCUT2D eigenvalue weighted by atomic mass is 10.1. The summed E-state index contributed by atoms with van der Waals surface area (Å²) in [4.78, 5) is 21.3. The van der Waals surface area contributed by atoms with Crippen molar-refractivity contribution in [3.8, 4) is 5.69 Å². The quantitative estimate of drug-likeness (QED) is 0.241. The van der Waals surface area contributed by atoms with Crippen LogP contribution in [0, 0.1) is 27.7 Å². The largest absolute Gasteiger partial charge is 0.490 e. The molecular formula is C31H34F3N5O2. The molecule has 0 amide bonds. The van der Waals surface area contributed by atoms with E-state index in [0.29, 0.717) is 0 Å². The van der Waals surface area contributed by atoms with Gasteiger partial charge in [0.2, 0.25) is 5.78 Å². The van der Waals surface area contributed by atoms with Gasteiger partial charge in [-0.05, 0) is 69.5 Å². The number of hydrogen-bond acceptors (Lipinski definition) is 4. The van der Waals surface area contributed by atoms with Gasteiger partial charge in [0.1, 0.15) is 0 Å². The number of aryl methyl sites for hydroxylation is 4. The van der Waals surface area contributed by atoms with Crippen LogP contribution in [0.3, 0.4) is 0 Å². The summed E-state index contributed by atoms with van der Waals surface area (Å²) in [7, 11) is 0. The van der Waals surface area contributed by atoms with Gasteiger partial charge in [0.25, 0.3) is 0 Å². The molecule has 1 N–H and O–H groups in total. The molecule has 0 aliphatic carbocycles. The monoisotopic (exact) mass is 565 g/mol. The Hall–Kier alpha value is -4.18. The normalized spacial score (nSPS) is 11.7. The molecule has 0 saturated heterocycles. The third kappa shape index (κ3) is 6.43. The highest BCUT2D eigenvalue weighted by molar-refractivity contribution is 5.81. The number of alkyl halides is 3. The number of aliphatic carboxylic acids is 1. The summed E-state index contributed by atoms with van der Waals surface area (Å²) in [6.45, 7) is 13.7. The van der Waals surface area contributed by atoms with Gasteiger partial charge in [-0.3, -0.25) is 13.9 Å². The first-order valence-electron chi connectivity index (χ1n) is 13.4. The van der Waals surface area contributed by atoms with E-state index in [1.54, 1.807) is 0 Å². The number of rotatable bonds is 7. The lowest BCUT2D eigenvalue weighted by molar-refractivity contribution is -0.192. The van der Waals surface area contributed by atoms with E-state index in [1.165, 1.54) is 33.6 Å². The fourth-order valence-corrected chi connectivity index (χ4v) is 5.19. The van der Waals surface area contributed by atoms with E-state index in [9.17, 15) is 13.2 Å². The summed E-state index contributed by atoms with van der Waals surface area (Å²) in [6, 6.07) is 19.4. The molecule has 0 bridgehead atoms. The van der Waals surface area contributed by atoms with Crippen LogP contribution in [-0.4, -0.2) is 54.2 Å². The fraction of sp³-hybridized carbons (Fsp3) is 0.323. The van der Waals surface area contributed by atoms with Gasteiger partial charge in [-0.2, -0.15) is 13.2 Å². The highest BCUT2D eigenvalue weighted by Gasteiger charge is 2.38. The molecular weight excluding hydrogens is 531 g/mol. The number of aromatic nitrogens is 4. The zero-order valence-electron chi connectivity index (χ0n) is 23.8. The number of fused-ring (bicyclic) bond motifs is 3. The van der Waals surface area contributed by atoms with E-state index in [1.807, 2.05) is 12.3 Å². The topological polar surface area (TPSA) is 75.7 Å². The van der Waals surface area contributed by atoms with Crippen molar-refractivity contribution < 1.29 is 23.1 Å². The summed E-state index contributed by atoms with van der Waals surface area (Å²) in [5.74, 6) is -1.82. The second-order valence-electron chi connectivity index (χ2n) is 10.1. The van der Waals surface area contributed by atoms with Crippen LogP contribution in [0.1, 0.15) is 40.6 Å². The van der Waals surface area contributed by atoms with Gasteiger partial charge in [-0.25, -0.2) is 14.8 Å². The number of halogens is 3. The van der Waals surface area contributed by atoms with Crippen LogP contribution < -0.4 is 0 Å². The van der Waals surface area contributed by atoms with E-state index in [4.69, 9.17) is 19.9 Å². The molecule has 10 heteroatoms. The molecule has 0 atom stereocenters. The van der Waals surface area contributed by atoms with Crippen molar-refractivity contribution in [1.29, 1.82) is 0 Å². The Labute approximate surface area is 236 Å². The molecule has 0 unspecified atom stereocenters. The Morgan fingerprint density at radius 3 is 2.22 bits per heavy atom. The van der Waals surface area contributed by atoms with Crippen molar-refractivity contribution in [2.45, 2.75) is 53.8 Å². The second kappa shape index (κ2) is 12.1. The predicted molar refractivity (Wildman–Crippen MR) is 154 cm³/mol. The van der Waals surface area contributed by atoms with Crippen molar-refractivity contribution in [2.75, 3.05) is 13.1 Å². The lowest BCUT2D eigenvalue weighted by Crippen LogP contribution is -2.26. The molecule has 3 aromatic heterocycles. The van der Waals surface area contributed by atoms with E-state index in [-0.39, 0.29) is 0 Å². The number of imidazole rings is 2. The van der Waals surface area contributed by atoms with Crippen molar-refractivity contribution in [2.24, 2.45) is 0 Å². The van der Waals surface area contributed by atoms with Gasteiger partial charge >= 0.3 is 12.1 Å². The van der Waals surface area contributed by atoms with E-state index >= 15 is 0 Å². The first-order valence-corrected chi connectivity index (χ1v) is 13.4. The molecule has 0 saturated carbocycles. The van der Waals surface area contributed by atoms with Gasteiger partial charge in [0.05, 0.1) is 22.6 Å². The van der Waals surface area contributed by atoms with Crippen LogP contribution >= 0.6 is 0 Å². The Kier molecular flexibility index (Phi) is 8.82. The minimum absolute atomic E-state index is 0.857. The van der Waals surface area contributed by atoms with E-state index < -0.39 is 12.1 Å². The molecule has 5 aromatic rings. The van der Waals surface area contributed by atoms with Crippen molar-refractivity contribution in [3.63, 3.8) is 0 Å². The molecule has 41 heavy (non-hydrogen) atoms. The van der Waals surface area contributed by atoms with Crippen LogP contribution in [-0.2, 0) is 17.8 Å². The zero-order valence-corrected chi connectivity index (χ0v) is 23.8. The summed E-state index contributed by atoms with van der Waals surface area (Å²) in [5, 5.41) is 7.12. The Morgan fingerprint density at radius 1 is 1.00 bits per heavy atom. The maximum Gasteiger partial charge on any atom is 0.490 e. The zero-order chi connectivity index (χ0) is 29.9. The average Bonchev–Trinajstić information content (AvgIpc) is 3.39. The maximum atomic E-state index is 10.6. The number of likely N-dealkylation sites (N-methyl/N-ethyl adjacent to an activating group) is 1. The standard InChI is InChI=1S/C29H33N5.C2HF3O2/c1-6-32(16-14-24-11-8-7-9-12-24)19-26-23(5)31-29-33(26)25-13-10-15-30-28(25)34(29)27-21(3)17-20(2)18-22(27)4;3-2(4,5)1(6)7/h7-13,15,17-18H,6,14,16,19H2,1-5H3;(H,6,7). The van der Waals surface area contributed by atoms with Crippen LogP contribution in [0.5, 0.6) is 0 Å². The van der Waals surface area contributed by atoms with E-state index in [2.05, 4.69) is 97.0 Å². The molecule has 0 radical (unpaired) electrons. The highest BCUT2D eigenvalue weighted by atomic mass is 19.4. The van der Waals surface area contributed by atoms with Crippen LogP contribution in [0.2, 0.25) is 0 Å². The maximum absolute atomic E-state index is 10.6. The molecule has 0 spiro atoms. The van der Waals surface area contributed by atoms with Crippen LogP contribution in [0.25, 0.3) is 22.6 Å². The Morgan fingerprint density at radius 2 is 1.63 bits per heavy atom. The molecule has 0 aliphatic heterocycles. The number of carboxylic acid groups (broad SMARTS) is 1. The minimum Gasteiger partial charge on any atom is -0.475 e. The van der Waals surface area contributed by atoms with Gasteiger partial charge in [-0.15, -0.1) is 0 Å². The Balaban J connectivity index is 0.000000493. The molecule has 5 rings (SSSR count). The second-order valence-corrected chi connectivity index (χ2v) is 10.1.